The lowest BCUT2D eigenvalue weighted by atomic mass is 9.19. The van der Waals surface area contributed by atoms with Crippen molar-refractivity contribution in [3.63, 3.8) is 0 Å². The summed E-state index contributed by atoms with van der Waals surface area (Å²) in [6.45, 7) is 4.77. The summed E-state index contributed by atoms with van der Waals surface area (Å²) in [5.41, 5.74) is 18.6. The van der Waals surface area contributed by atoms with E-state index in [0.29, 0.717) is 0 Å². The van der Waals surface area contributed by atoms with Crippen LogP contribution in [0.1, 0.15) is 11.1 Å². The molecule has 42 heavy (non-hydrogen) atoms. The number of nitrogens with zero attached hydrogens (tertiary/aromatic N) is 2. The average Bonchev–Trinajstić information content (AvgIpc) is 3.03. The quantitative estimate of drug-likeness (QED) is 0.281. The van der Waals surface area contributed by atoms with Crippen LogP contribution in [-0.4, -0.2) is 13.4 Å². The monoisotopic (exact) mass is 534 g/mol. The topological polar surface area (TPSA) is 6.48 Å². The zero-order valence-electron chi connectivity index (χ0n) is 23.8. The van der Waals surface area contributed by atoms with Gasteiger partial charge in [-0.15, -0.1) is 0 Å². The molecule has 0 amide bonds. The van der Waals surface area contributed by atoms with Gasteiger partial charge in [0, 0.05) is 34.1 Å². The van der Waals surface area contributed by atoms with Crippen molar-refractivity contribution in [2.24, 2.45) is 0 Å². The van der Waals surface area contributed by atoms with E-state index in [-0.39, 0.29) is 13.4 Å². The van der Waals surface area contributed by atoms with Crippen molar-refractivity contribution >= 4 is 80.3 Å². The molecule has 4 heteroatoms. The fraction of sp³-hybridized carbons (Fsp3) is 0.0526. The van der Waals surface area contributed by atoms with Crippen LogP contribution in [0.3, 0.4) is 0 Å². The zero-order chi connectivity index (χ0) is 27.9. The summed E-state index contributed by atoms with van der Waals surface area (Å²) in [4.78, 5) is 4.96. The van der Waals surface area contributed by atoms with Crippen LogP contribution in [0.4, 0.5) is 34.1 Å². The Morgan fingerprint density at radius 3 is 1.24 bits per heavy atom. The Hall–Kier alpha value is -4.95. The predicted octanol–water partition coefficient (Wildman–Crippen LogP) is 5.22. The number of anilines is 6. The Bertz CT molecular complexity index is 1890. The Balaban J connectivity index is 1.40. The van der Waals surface area contributed by atoms with Crippen LogP contribution in [0.5, 0.6) is 0 Å². The maximum absolute atomic E-state index is 2.48. The number of benzene rings is 6. The summed E-state index contributed by atoms with van der Waals surface area (Å²) in [5.74, 6) is 0. The molecule has 3 aliphatic rings. The number of para-hydroxylation sites is 2. The molecule has 0 fully saturated rings. The van der Waals surface area contributed by atoms with Gasteiger partial charge in [0.2, 0.25) is 13.4 Å². The van der Waals surface area contributed by atoms with Crippen LogP contribution >= 0.6 is 0 Å². The van der Waals surface area contributed by atoms with Gasteiger partial charge in [-0.3, -0.25) is 0 Å². The third kappa shape index (κ3) is 3.18. The highest BCUT2D eigenvalue weighted by Crippen LogP contribution is 2.39. The van der Waals surface area contributed by atoms with E-state index in [1.54, 1.807) is 0 Å². The fourth-order valence-corrected chi connectivity index (χ4v) is 7.81. The first-order valence-electron chi connectivity index (χ1n) is 14.9. The highest BCUT2D eigenvalue weighted by atomic mass is 15.2. The van der Waals surface area contributed by atoms with Gasteiger partial charge in [-0.1, -0.05) is 107 Å². The summed E-state index contributed by atoms with van der Waals surface area (Å²) in [6, 6.07) is 49.7. The van der Waals surface area contributed by atoms with Gasteiger partial charge in [0.25, 0.3) is 0 Å². The second-order valence-electron chi connectivity index (χ2n) is 11.9. The van der Waals surface area contributed by atoms with E-state index < -0.39 is 0 Å². The van der Waals surface area contributed by atoms with Gasteiger partial charge in [0.15, 0.2) is 0 Å². The molecule has 9 rings (SSSR count). The van der Waals surface area contributed by atoms with Gasteiger partial charge >= 0.3 is 0 Å². The third-order valence-electron chi connectivity index (χ3n) is 9.41. The van der Waals surface area contributed by atoms with Crippen molar-refractivity contribution < 1.29 is 0 Å². The number of hydrogen-bond donors (Lipinski definition) is 0. The first kappa shape index (κ1) is 23.7. The van der Waals surface area contributed by atoms with Crippen molar-refractivity contribution in [1.29, 1.82) is 0 Å². The van der Waals surface area contributed by atoms with Gasteiger partial charge in [0.05, 0.1) is 0 Å². The lowest BCUT2D eigenvalue weighted by Crippen LogP contribution is -2.78. The Kier molecular flexibility index (Phi) is 4.96. The lowest BCUT2D eigenvalue weighted by Gasteiger charge is -2.46. The minimum atomic E-state index is 0.168. The number of fused-ring (bicyclic) bond motifs is 6. The second-order valence-corrected chi connectivity index (χ2v) is 11.9. The van der Waals surface area contributed by atoms with Gasteiger partial charge in [-0.2, -0.15) is 0 Å². The molecule has 0 spiro atoms. The molecule has 0 radical (unpaired) electrons. The summed E-state index contributed by atoms with van der Waals surface area (Å²) in [6.07, 6.45) is 0. The molecule has 6 aromatic carbocycles. The summed E-state index contributed by atoms with van der Waals surface area (Å²) < 4.78 is 0. The smallest absolute Gasteiger partial charge is 0.245 e. The number of aryl methyl sites for hydroxylation is 2. The molecule has 3 heterocycles. The molecule has 0 unspecified atom stereocenters. The molecule has 0 saturated carbocycles. The van der Waals surface area contributed by atoms with E-state index in [4.69, 9.17) is 0 Å². The standard InChI is InChI=1S/C38H28B2N2/c1-25-19-21-33-31(23-25)39-29-15-9-18-36-38(29)40(30-16-10-17-35(37(30)39)41(33)27-11-5-3-6-12-27)32-24-26(2)20-22-34(32)42(36)28-13-7-4-8-14-28/h3-24H,1-2H3. The van der Waals surface area contributed by atoms with Crippen molar-refractivity contribution in [2.45, 2.75) is 13.8 Å². The first-order chi connectivity index (χ1) is 20.7. The molecule has 2 nitrogen and oxygen atoms in total. The minimum Gasteiger partial charge on any atom is -0.312 e. The molecular formula is C38H28B2N2. The first-order valence-corrected chi connectivity index (χ1v) is 14.9. The van der Waals surface area contributed by atoms with E-state index >= 15 is 0 Å². The lowest BCUT2D eigenvalue weighted by molar-refractivity contribution is 1.28. The zero-order valence-corrected chi connectivity index (χ0v) is 23.8. The van der Waals surface area contributed by atoms with E-state index in [1.165, 1.54) is 78.0 Å². The summed E-state index contributed by atoms with van der Waals surface area (Å²) in [7, 11) is 0. The largest absolute Gasteiger partial charge is 0.312 e. The normalized spacial score (nSPS) is 13.8. The molecule has 0 bridgehead atoms. The van der Waals surface area contributed by atoms with Crippen LogP contribution < -0.4 is 42.6 Å². The predicted molar refractivity (Wildman–Crippen MR) is 181 cm³/mol. The molecule has 0 aliphatic carbocycles. The van der Waals surface area contributed by atoms with Crippen molar-refractivity contribution in [3.05, 3.63) is 145 Å². The molecule has 6 aromatic rings. The molecular weight excluding hydrogens is 506 g/mol. The third-order valence-corrected chi connectivity index (χ3v) is 9.41. The minimum absolute atomic E-state index is 0.168. The van der Waals surface area contributed by atoms with Crippen LogP contribution in [0.25, 0.3) is 0 Å². The summed E-state index contributed by atoms with van der Waals surface area (Å²) >= 11 is 0. The molecule has 0 saturated heterocycles. The van der Waals surface area contributed by atoms with Gasteiger partial charge < -0.3 is 9.80 Å². The molecule has 0 N–H and O–H groups in total. The van der Waals surface area contributed by atoms with Crippen molar-refractivity contribution in [3.8, 4) is 0 Å². The van der Waals surface area contributed by atoms with E-state index in [9.17, 15) is 0 Å². The average molecular weight is 534 g/mol. The fourth-order valence-electron chi connectivity index (χ4n) is 7.81. The molecule has 196 valence electrons. The number of rotatable bonds is 2. The highest BCUT2D eigenvalue weighted by Gasteiger charge is 2.48. The van der Waals surface area contributed by atoms with E-state index in [2.05, 4.69) is 157 Å². The maximum atomic E-state index is 2.48. The Morgan fingerprint density at radius 2 is 0.810 bits per heavy atom. The highest BCUT2D eigenvalue weighted by molar-refractivity contribution is 7.13. The Labute approximate surface area is 248 Å². The summed E-state index contributed by atoms with van der Waals surface area (Å²) in [5, 5.41) is 0. The SMILES string of the molecule is Cc1ccc2c(c1)B1c3cccc4c3B(c3cc(C)ccc3N4c3ccccc3)c3cccc(c31)N2c1ccccc1. The Morgan fingerprint density at radius 1 is 0.381 bits per heavy atom. The van der Waals surface area contributed by atoms with Crippen LogP contribution in [-0.2, 0) is 0 Å². The second kappa shape index (κ2) is 8.77. The van der Waals surface area contributed by atoms with Gasteiger partial charge in [-0.05, 0) is 84.2 Å². The molecule has 0 aromatic heterocycles. The van der Waals surface area contributed by atoms with Crippen LogP contribution in [0.2, 0.25) is 0 Å². The van der Waals surface area contributed by atoms with Gasteiger partial charge in [0.1, 0.15) is 0 Å². The molecule has 3 aliphatic heterocycles. The number of hydrogen-bond acceptors (Lipinski definition) is 2. The van der Waals surface area contributed by atoms with Gasteiger partial charge in [-0.25, -0.2) is 0 Å². The van der Waals surface area contributed by atoms with Crippen LogP contribution in [0.15, 0.2) is 133 Å². The maximum Gasteiger partial charge on any atom is 0.245 e. The molecule has 0 atom stereocenters. The van der Waals surface area contributed by atoms with Crippen LogP contribution in [0, 0.1) is 13.8 Å². The van der Waals surface area contributed by atoms with Crippen molar-refractivity contribution in [2.75, 3.05) is 9.80 Å². The van der Waals surface area contributed by atoms with E-state index in [1.807, 2.05) is 0 Å². The van der Waals surface area contributed by atoms with Crippen molar-refractivity contribution in [1.82, 2.24) is 0 Å². The van der Waals surface area contributed by atoms with E-state index in [0.717, 1.165) is 0 Å².